The van der Waals surface area contributed by atoms with Crippen molar-refractivity contribution in [2.75, 3.05) is 11.4 Å². The molecule has 0 bridgehead atoms. The Kier molecular flexibility index (Phi) is 4.52. The van der Waals surface area contributed by atoms with Gasteiger partial charge in [-0.1, -0.05) is 0 Å². The van der Waals surface area contributed by atoms with Crippen LogP contribution in [0.1, 0.15) is 32.3 Å². The molecule has 6 heteroatoms. The zero-order valence-electron chi connectivity index (χ0n) is 11.7. The molecular formula is C14H20F3N3. The van der Waals surface area contributed by atoms with Gasteiger partial charge in [-0.15, -0.1) is 0 Å². The lowest BCUT2D eigenvalue weighted by atomic mass is 10.1. The Hall–Kier alpha value is -1.30. The fraction of sp³-hybridized carbons (Fsp3) is 0.643. The van der Waals surface area contributed by atoms with Gasteiger partial charge in [0.15, 0.2) is 0 Å². The molecule has 0 radical (unpaired) electrons. The maximum absolute atomic E-state index is 12.7. The van der Waals surface area contributed by atoms with E-state index in [4.69, 9.17) is 0 Å². The van der Waals surface area contributed by atoms with Crippen LogP contribution in [0, 0.1) is 0 Å². The first-order valence-electron chi connectivity index (χ1n) is 6.86. The summed E-state index contributed by atoms with van der Waals surface area (Å²) in [4.78, 5) is 5.41. The Morgan fingerprint density at radius 1 is 1.40 bits per heavy atom. The van der Waals surface area contributed by atoms with Crippen LogP contribution in [-0.2, 0) is 6.54 Å². The normalized spacial score (nSPS) is 15.7. The van der Waals surface area contributed by atoms with Gasteiger partial charge in [0, 0.05) is 42.3 Å². The predicted molar refractivity (Wildman–Crippen MR) is 72.6 cm³/mol. The highest BCUT2D eigenvalue weighted by Crippen LogP contribution is 2.27. The molecule has 1 heterocycles. The maximum atomic E-state index is 12.7. The molecule has 1 saturated carbocycles. The number of hydrogen-bond acceptors (Lipinski definition) is 3. The van der Waals surface area contributed by atoms with E-state index in [2.05, 4.69) is 10.3 Å². The van der Waals surface area contributed by atoms with Crippen LogP contribution in [0.3, 0.4) is 0 Å². The number of nitrogens with one attached hydrogen (secondary N) is 1. The van der Waals surface area contributed by atoms with Crippen LogP contribution in [0.2, 0.25) is 0 Å². The molecule has 1 aliphatic carbocycles. The average Bonchev–Trinajstić information content (AvgIpc) is 3.16. The van der Waals surface area contributed by atoms with Gasteiger partial charge in [0.05, 0.1) is 0 Å². The molecule has 0 amide bonds. The van der Waals surface area contributed by atoms with Crippen molar-refractivity contribution in [2.24, 2.45) is 0 Å². The smallest absolute Gasteiger partial charge is 0.360 e. The molecule has 20 heavy (non-hydrogen) atoms. The molecule has 2 rings (SSSR count). The second-order valence-electron chi connectivity index (χ2n) is 5.50. The second kappa shape index (κ2) is 5.99. The van der Waals surface area contributed by atoms with Crippen LogP contribution in [0.4, 0.5) is 18.9 Å². The van der Waals surface area contributed by atoms with Crippen molar-refractivity contribution in [1.82, 2.24) is 10.3 Å². The third-order valence-corrected chi connectivity index (χ3v) is 3.32. The average molecular weight is 287 g/mol. The molecular weight excluding hydrogens is 267 g/mol. The highest BCUT2D eigenvalue weighted by atomic mass is 19.4. The number of rotatable bonds is 6. The molecule has 112 valence electrons. The van der Waals surface area contributed by atoms with E-state index in [1.54, 1.807) is 32.3 Å². The van der Waals surface area contributed by atoms with Crippen LogP contribution in [0.15, 0.2) is 18.5 Å². The monoisotopic (exact) mass is 287 g/mol. The first-order valence-corrected chi connectivity index (χ1v) is 6.86. The maximum Gasteiger partial charge on any atom is 0.405 e. The van der Waals surface area contributed by atoms with Crippen molar-refractivity contribution in [3.8, 4) is 0 Å². The van der Waals surface area contributed by atoms with Crippen molar-refractivity contribution in [1.29, 1.82) is 0 Å². The summed E-state index contributed by atoms with van der Waals surface area (Å²) in [5, 5.41) is 3.32. The van der Waals surface area contributed by atoms with E-state index in [9.17, 15) is 13.2 Å². The van der Waals surface area contributed by atoms with Gasteiger partial charge in [-0.2, -0.15) is 13.2 Å². The number of anilines is 1. The van der Waals surface area contributed by atoms with E-state index in [0.29, 0.717) is 18.3 Å². The van der Waals surface area contributed by atoms with Crippen molar-refractivity contribution < 1.29 is 13.2 Å². The minimum Gasteiger partial charge on any atom is -0.360 e. The Labute approximate surface area is 117 Å². The Morgan fingerprint density at radius 2 is 2.10 bits per heavy atom. The van der Waals surface area contributed by atoms with Crippen LogP contribution < -0.4 is 10.2 Å². The van der Waals surface area contributed by atoms with Crippen LogP contribution in [0.25, 0.3) is 0 Å². The van der Waals surface area contributed by atoms with Gasteiger partial charge < -0.3 is 10.2 Å². The Balaban J connectivity index is 2.17. The summed E-state index contributed by atoms with van der Waals surface area (Å²) in [6.45, 7) is 3.16. The minimum absolute atomic E-state index is 0.223. The third-order valence-electron chi connectivity index (χ3n) is 3.32. The summed E-state index contributed by atoms with van der Waals surface area (Å²) in [6, 6.07) is 1.95. The van der Waals surface area contributed by atoms with E-state index < -0.39 is 12.7 Å². The zero-order chi connectivity index (χ0) is 14.8. The zero-order valence-corrected chi connectivity index (χ0v) is 11.7. The molecule has 0 spiro atoms. The van der Waals surface area contributed by atoms with Gasteiger partial charge in [-0.3, -0.25) is 4.98 Å². The topological polar surface area (TPSA) is 28.2 Å². The molecule has 1 aromatic rings. The van der Waals surface area contributed by atoms with Gasteiger partial charge in [-0.05, 0) is 32.8 Å². The van der Waals surface area contributed by atoms with Crippen LogP contribution >= 0.6 is 0 Å². The van der Waals surface area contributed by atoms with Gasteiger partial charge in [0.25, 0.3) is 0 Å². The van der Waals surface area contributed by atoms with E-state index >= 15 is 0 Å². The molecule has 0 atom stereocenters. The number of hydrogen-bond donors (Lipinski definition) is 1. The molecule has 1 aliphatic rings. The fourth-order valence-corrected chi connectivity index (χ4v) is 2.12. The predicted octanol–water partition coefficient (Wildman–Crippen LogP) is 3.11. The SMILES string of the molecule is CC(C)N(CC(F)(F)F)c1ccncc1CNC1CC1. The lowest BCUT2D eigenvalue weighted by molar-refractivity contribution is -0.120. The fourth-order valence-electron chi connectivity index (χ4n) is 2.12. The molecule has 0 unspecified atom stereocenters. The van der Waals surface area contributed by atoms with Crippen LogP contribution in [0.5, 0.6) is 0 Å². The minimum atomic E-state index is -4.21. The van der Waals surface area contributed by atoms with Gasteiger partial charge in [0.1, 0.15) is 6.54 Å². The summed E-state index contributed by atoms with van der Waals surface area (Å²) in [5.74, 6) is 0. The Bertz CT molecular complexity index is 442. The summed E-state index contributed by atoms with van der Waals surface area (Å²) in [7, 11) is 0. The highest BCUT2D eigenvalue weighted by molar-refractivity contribution is 5.53. The summed E-state index contributed by atoms with van der Waals surface area (Å²) < 4.78 is 38.2. The first-order chi connectivity index (χ1) is 9.37. The van der Waals surface area contributed by atoms with Gasteiger partial charge >= 0.3 is 6.18 Å². The molecule has 0 saturated heterocycles. The van der Waals surface area contributed by atoms with Gasteiger partial charge in [-0.25, -0.2) is 0 Å². The summed E-state index contributed by atoms with van der Waals surface area (Å²) in [5.41, 5.74) is 1.43. The molecule has 1 fully saturated rings. The van der Waals surface area contributed by atoms with E-state index in [1.165, 1.54) is 4.90 Å². The Morgan fingerprint density at radius 3 is 2.65 bits per heavy atom. The van der Waals surface area contributed by atoms with E-state index in [1.807, 2.05) is 0 Å². The van der Waals surface area contributed by atoms with E-state index in [-0.39, 0.29) is 6.04 Å². The lowest BCUT2D eigenvalue weighted by Gasteiger charge is -2.31. The lowest BCUT2D eigenvalue weighted by Crippen LogP contribution is -2.40. The number of alkyl halides is 3. The molecule has 1 N–H and O–H groups in total. The molecule has 0 aromatic carbocycles. The molecule has 1 aromatic heterocycles. The number of nitrogens with zero attached hydrogens (tertiary/aromatic N) is 2. The second-order valence-corrected chi connectivity index (χ2v) is 5.50. The third kappa shape index (κ3) is 4.37. The quantitative estimate of drug-likeness (QED) is 0.871. The van der Waals surface area contributed by atoms with Crippen LogP contribution in [-0.4, -0.2) is 29.8 Å². The molecule has 0 aliphatic heterocycles. The number of aromatic nitrogens is 1. The largest absolute Gasteiger partial charge is 0.405 e. The van der Waals surface area contributed by atoms with E-state index in [0.717, 1.165) is 18.4 Å². The van der Waals surface area contributed by atoms with Crippen molar-refractivity contribution in [2.45, 2.75) is 51.5 Å². The first kappa shape index (κ1) is 15.1. The highest BCUT2D eigenvalue weighted by Gasteiger charge is 2.33. The number of halogens is 3. The molecule has 3 nitrogen and oxygen atoms in total. The summed E-state index contributed by atoms with van der Waals surface area (Å²) in [6.07, 6.45) is 1.27. The van der Waals surface area contributed by atoms with Crippen molar-refractivity contribution >= 4 is 5.69 Å². The van der Waals surface area contributed by atoms with Gasteiger partial charge in [0.2, 0.25) is 0 Å². The standard InChI is InChI=1S/C14H20F3N3/c1-10(2)20(9-14(15,16)17)13-5-6-18-7-11(13)8-19-12-3-4-12/h5-7,10,12,19H,3-4,8-9H2,1-2H3. The van der Waals surface area contributed by atoms with Crippen molar-refractivity contribution in [3.05, 3.63) is 24.0 Å². The number of pyridine rings is 1. The summed E-state index contributed by atoms with van der Waals surface area (Å²) >= 11 is 0. The van der Waals surface area contributed by atoms with Crippen molar-refractivity contribution in [3.63, 3.8) is 0 Å².